The van der Waals surface area contributed by atoms with Crippen molar-refractivity contribution in [2.45, 2.75) is 4.90 Å². The third-order valence-corrected chi connectivity index (χ3v) is 10.6. The van der Waals surface area contributed by atoms with Crippen LogP contribution < -0.4 is 4.90 Å². The lowest BCUT2D eigenvalue weighted by Gasteiger charge is -2.39. The molecule has 1 fully saturated rings. The first kappa shape index (κ1) is 27.8. The molecule has 10 heteroatoms. The molecule has 0 radical (unpaired) electrons. The number of benzene rings is 4. The van der Waals surface area contributed by atoms with E-state index in [2.05, 4.69) is 4.85 Å². The largest absolute Gasteiger partial charge is 0.469 e. The summed E-state index contributed by atoms with van der Waals surface area (Å²) in [6.07, 6.45) is 0. The van der Waals surface area contributed by atoms with E-state index in [-0.39, 0.29) is 16.8 Å². The van der Waals surface area contributed by atoms with Gasteiger partial charge in [-0.15, -0.1) is 0 Å². The number of halogens is 1. The minimum Gasteiger partial charge on any atom is -0.469 e. The van der Waals surface area contributed by atoms with Gasteiger partial charge in [-0.05, 0) is 58.6 Å². The molecule has 1 aliphatic heterocycles. The van der Waals surface area contributed by atoms with E-state index in [0.717, 1.165) is 16.5 Å². The van der Waals surface area contributed by atoms with Crippen LogP contribution in [-0.4, -0.2) is 38.6 Å². The molecule has 0 aliphatic carbocycles. The summed E-state index contributed by atoms with van der Waals surface area (Å²) in [5, 5.41) is 4.20. The normalized spacial score (nSPS) is 13.6. The number of fused-ring (bicyclic) bond motifs is 2. The Kier molecular flexibility index (Phi) is 6.72. The van der Waals surface area contributed by atoms with Gasteiger partial charge in [0.1, 0.15) is 5.82 Å². The maximum atomic E-state index is 14.9. The van der Waals surface area contributed by atoms with Crippen molar-refractivity contribution in [3.63, 3.8) is 0 Å². The Morgan fingerprint density at radius 1 is 0.977 bits per heavy atom. The predicted molar refractivity (Wildman–Crippen MR) is 171 cm³/mol. The first-order valence-corrected chi connectivity index (χ1v) is 16.1. The van der Waals surface area contributed by atoms with Gasteiger partial charge in [-0.25, -0.2) is 21.6 Å². The van der Waals surface area contributed by atoms with Crippen LogP contribution in [0.1, 0.15) is 0 Å². The van der Waals surface area contributed by atoms with Gasteiger partial charge in [0.15, 0.2) is 0 Å². The summed E-state index contributed by atoms with van der Waals surface area (Å²) in [7, 11) is -2.87. The Morgan fingerprint density at radius 2 is 1.77 bits per heavy atom. The van der Waals surface area contributed by atoms with Crippen LogP contribution in [0.25, 0.3) is 48.9 Å². The van der Waals surface area contributed by atoms with E-state index in [1.54, 1.807) is 29.6 Å². The van der Waals surface area contributed by atoms with Gasteiger partial charge in [-0.2, -0.15) is 11.3 Å². The van der Waals surface area contributed by atoms with Crippen LogP contribution in [0.3, 0.4) is 0 Å². The standard InChI is InChI=1S/C34H24FN3O4S2/c1-36-33-28(14-15-43-33)31-29-18-25(35)11-13-30(29)38(44(40,41)27-12-10-21-6-3-4-7-22(21)17-27)32(31)23-8-5-9-26(16-23)37-19-24(20-37)34(39)42-2/h3-18,24H,19-20H2,2H3. The van der Waals surface area contributed by atoms with Crippen molar-refractivity contribution in [3.8, 4) is 22.4 Å². The summed E-state index contributed by atoms with van der Waals surface area (Å²) >= 11 is 1.24. The molecule has 0 unspecified atom stereocenters. The number of hydrogen-bond acceptors (Lipinski definition) is 6. The second-order valence-corrected chi connectivity index (χ2v) is 13.3. The van der Waals surface area contributed by atoms with Crippen LogP contribution in [0.2, 0.25) is 0 Å². The zero-order valence-corrected chi connectivity index (χ0v) is 25.0. The lowest BCUT2D eigenvalue weighted by molar-refractivity contribution is -0.146. The lowest BCUT2D eigenvalue weighted by Crippen LogP contribution is -2.50. The van der Waals surface area contributed by atoms with Crippen molar-refractivity contribution >= 4 is 59.7 Å². The maximum absolute atomic E-state index is 14.9. The zero-order chi connectivity index (χ0) is 30.6. The maximum Gasteiger partial charge on any atom is 0.312 e. The second-order valence-electron chi connectivity index (χ2n) is 10.6. The highest BCUT2D eigenvalue weighted by atomic mass is 32.2. The summed E-state index contributed by atoms with van der Waals surface area (Å²) < 4.78 is 50.4. The SMILES string of the molecule is [C-]#[N+]c1sccc1-c1c(-c2cccc(N3CC(C(=O)OC)C3)c2)n(S(=O)(=O)c2ccc3ccccc3c2)c2ccc(F)cc12. The van der Waals surface area contributed by atoms with Crippen molar-refractivity contribution in [3.05, 3.63) is 114 Å². The summed E-state index contributed by atoms with van der Waals surface area (Å²) in [4.78, 5) is 17.8. The molecule has 0 spiro atoms. The summed E-state index contributed by atoms with van der Waals surface area (Å²) in [5.74, 6) is -1.03. The van der Waals surface area contributed by atoms with Crippen LogP contribution in [0.5, 0.6) is 0 Å². The summed E-state index contributed by atoms with van der Waals surface area (Å²) in [5.41, 5.74) is 2.99. The van der Waals surface area contributed by atoms with Gasteiger partial charge in [0, 0.05) is 40.9 Å². The number of hydrogen-bond donors (Lipinski definition) is 0. The van der Waals surface area contributed by atoms with E-state index < -0.39 is 15.8 Å². The highest BCUT2D eigenvalue weighted by molar-refractivity contribution is 7.90. The lowest BCUT2D eigenvalue weighted by atomic mass is 9.97. The summed E-state index contributed by atoms with van der Waals surface area (Å²) in [6, 6.07) is 25.7. The van der Waals surface area contributed by atoms with Gasteiger partial charge in [-0.1, -0.05) is 48.5 Å². The van der Waals surface area contributed by atoms with E-state index in [1.165, 1.54) is 40.6 Å². The van der Waals surface area contributed by atoms with Crippen LogP contribution in [0, 0.1) is 18.3 Å². The topological polar surface area (TPSA) is 73.0 Å². The Balaban J connectivity index is 1.51. The number of esters is 1. The first-order chi connectivity index (χ1) is 21.3. The molecule has 3 heterocycles. The Bertz CT molecular complexity index is 2260. The monoisotopic (exact) mass is 621 g/mol. The number of thiophene rings is 1. The number of nitrogens with zero attached hydrogens (tertiary/aromatic N) is 3. The van der Waals surface area contributed by atoms with Crippen molar-refractivity contribution in [1.82, 2.24) is 3.97 Å². The fourth-order valence-electron chi connectivity index (χ4n) is 5.89. The van der Waals surface area contributed by atoms with Gasteiger partial charge in [0.05, 0.1) is 35.7 Å². The van der Waals surface area contributed by atoms with E-state index in [9.17, 15) is 17.6 Å². The van der Waals surface area contributed by atoms with Crippen LogP contribution >= 0.6 is 11.3 Å². The highest BCUT2D eigenvalue weighted by Crippen LogP contribution is 2.48. The Hall–Kier alpha value is -4.98. The smallest absolute Gasteiger partial charge is 0.312 e. The molecule has 7 rings (SSSR count). The molecule has 0 bridgehead atoms. The van der Waals surface area contributed by atoms with Crippen LogP contribution in [0.4, 0.5) is 15.1 Å². The average molecular weight is 622 g/mol. The number of anilines is 1. The summed E-state index contributed by atoms with van der Waals surface area (Å²) in [6.45, 7) is 8.74. The molecular weight excluding hydrogens is 598 g/mol. The van der Waals surface area contributed by atoms with Crippen molar-refractivity contribution in [1.29, 1.82) is 0 Å². The molecule has 218 valence electrons. The third kappa shape index (κ3) is 4.44. The number of methoxy groups -OCH3 is 1. The molecule has 0 amide bonds. The van der Waals surface area contributed by atoms with E-state index >= 15 is 0 Å². The number of ether oxygens (including phenoxy) is 1. The Morgan fingerprint density at radius 3 is 2.55 bits per heavy atom. The molecular formula is C34H24FN3O4S2. The molecule has 2 aromatic heterocycles. The third-order valence-electron chi connectivity index (χ3n) is 8.06. The van der Waals surface area contributed by atoms with Gasteiger partial charge in [-0.3, -0.25) is 4.79 Å². The van der Waals surface area contributed by atoms with Crippen LogP contribution in [0.15, 0.2) is 101 Å². The fraction of sp³-hybridized carbons (Fsp3) is 0.118. The van der Waals surface area contributed by atoms with E-state index in [4.69, 9.17) is 11.3 Å². The molecule has 0 atom stereocenters. The van der Waals surface area contributed by atoms with Crippen molar-refractivity contribution in [2.24, 2.45) is 5.92 Å². The molecule has 0 saturated carbocycles. The number of rotatable bonds is 6. The second kappa shape index (κ2) is 10.6. The molecule has 0 N–H and O–H groups in total. The number of aromatic nitrogens is 1. The van der Waals surface area contributed by atoms with Gasteiger partial charge in [0.25, 0.3) is 10.0 Å². The number of carbonyl (C=O) groups excluding carboxylic acids is 1. The highest BCUT2D eigenvalue weighted by Gasteiger charge is 2.35. The molecule has 1 saturated heterocycles. The van der Waals surface area contributed by atoms with E-state index in [0.29, 0.717) is 51.4 Å². The molecule has 44 heavy (non-hydrogen) atoms. The van der Waals surface area contributed by atoms with Crippen molar-refractivity contribution < 1.29 is 22.3 Å². The van der Waals surface area contributed by atoms with E-state index in [1.807, 2.05) is 53.4 Å². The molecule has 6 aromatic rings. The predicted octanol–water partition coefficient (Wildman–Crippen LogP) is 7.73. The molecule has 7 nitrogen and oxygen atoms in total. The first-order valence-electron chi connectivity index (χ1n) is 13.8. The van der Waals surface area contributed by atoms with Gasteiger partial charge < -0.3 is 9.64 Å². The molecule has 4 aromatic carbocycles. The van der Waals surface area contributed by atoms with Crippen molar-refractivity contribution in [2.75, 3.05) is 25.1 Å². The number of carbonyl (C=O) groups is 1. The quantitative estimate of drug-likeness (QED) is 0.141. The minimum absolute atomic E-state index is 0.0840. The van der Waals surface area contributed by atoms with Gasteiger partial charge in [0.2, 0.25) is 5.00 Å². The Labute approximate surface area is 257 Å². The average Bonchev–Trinajstić information content (AvgIpc) is 3.62. The minimum atomic E-state index is -4.24. The van der Waals surface area contributed by atoms with Crippen LogP contribution in [-0.2, 0) is 19.6 Å². The van der Waals surface area contributed by atoms with Gasteiger partial charge >= 0.3 is 5.97 Å². The molecule has 1 aliphatic rings. The zero-order valence-electron chi connectivity index (χ0n) is 23.4. The fourth-order valence-corrected chi connectivity index (χ4v) is 8.15.